The molecule has 2 unspecified atom stereocenters. The van der Waals surface area contributed by atoms with Gasteiger partial charge in [0, 0.05) is 19.0 Å². The van der Waals surface area contributed by atoms with E-state index in [1.54, 1.807) is 6.08 Å². The average Bonchev–Trinajstić information content (AvgIpc) is 3.56. The van der Waals surface area contributed by atoms with Crippen molar-refractivity contribution in [2.75, 3.05) is 25.6 Å². The van der Waals surface area contributed by atoms with Crippen LogP contribution in [0.4, 0.5) is 5.82 Å². The maximum Gasteiger partial charge on any atom is 0.481 e. The smallest absolute Gasteiger partial charge is 0.462 e. The highest BCUT2D eigenvalue weighted by atomic mass is 31.3. The highest BCUT2D eigenvalue weighted by molar-refractivity contribution is 7.61. The molecule has 1 aliphatic rings. The van der Waals surface area contributed by atoms with E-state index in [0.29, 0.717) is 25.7 Å². The van der Waals surface area contributed by atoms with Gasteiger partial charge in [-0.1, -0.05) is 153 Å². The van der Waals surface area contributed by atoms with Crippen molar-refractivity contribution in [3.63, 3.8) is 0 Å². The lowest BCUT2D eigenvalue weighted by molar-refractivity contribution is -0.161. The van der Waals surface area contributed by atoms with Crippen molar-refractivity contribution >= 4 is 33.4 Å². The number of aliphatic hydroxyl groups is 3. The zero-order chi connectivity index (χ0) is 50.9. The van der Waals surface area contributed by atoms with E-state index < -0.39 is 89.8 Å². The number of phosphoric ester groups is 2. The average molecular weight is 1020 g/mol. The van der Waals surface area contributed by atoms with Gasteiger partial charge in [0.25, 0.3) is 0 Å². The van der Waals surface area contributed by atoms with Crippen molar-refractivity contribution in [2.45, 2.75) is 192 Å². The Labute approximate surface area is 408 Å². The lowest BCUT2D eigenvalue weighted by atomic mass is 10.0. The first kappa shape index (κ1) is 61.8. The number of ether oxygens (including phenoxy) is 3. The normalized spacial score (nSPS) is 20.3. The maximum atomic E-state index is 12.8. The Bertz CT molecular complexity index is 1870. The van der Waals surface area contributed by atoms with Crippen LogP contribution in [0, 0.1) is 5.92 Å². The molecule has 0 amide bonds. The molecule has 8 atom stereocenters. The summed E-state index contributed by atoms with van der Waals surface area (Å²) in [7, 11) is -10.9. The van der Waals surface area contributed by atoms with Crippen LogP contribution < -0.4 is 11.4 Å². The largest absolute Gasteiger partial charge is 0.481 e. The summed E-state index contributed by atoms with van der Waals surface area (Å²) < 4.78 is 56.6. The van der Waals surface area contributed by atoms with Crippen molar-refractivity contribution in [1.29, 1.82) is 0 Å². The van der Waals surface area contributed by atoms with Gasteiger partial charge in [0.15, 0.2) is 12.3 Å². The van der Waals surface area contributed by atoms with Crippen molar-refractivity contribution < 1.29 is 71.4 Å². The van der Waals surface area contributed by atoms with Crippen LogP contribution in [0.5, 0.6) is 0 Å². The number of anilines is 1. The molecule has 0 bridgehead atoms. The van der Waals surface area contributed by atoms with Crippen LogP contribution in [-0.2, 0) is 46.3 Å². The van der Waals surface area contributed by atoms with Crippen LogP contribution in [0.15, 0.2) is 65.7 Å². The van der Waals surface area contributed by atoms with E-state index in [2.05, 4.69) is 30.1 Å². The number of rotatable bonds is 39. The van der Waals surface area contributed by atoms with Crippen LogP contribution >= 0.6 is 15.6 Å². The number of esters is 2. The zero-order valence-corrected chi connectivity index (χ0v) is 42.7. The van der Waals surface area contributed by atoms with Crippen LogP contribution in [-0.4, -0.2) is 96.9 Å². The molecule has 69 heavy (non-hydrogen) atoms. The SMILES string of the molecule is CCCCC[C@H](O)/C=C/C=C\C/C=C\C/C=C\CCCC(=O)O[C@H](COC(=O)CCCCCCCCCCCCC(C)C)COP(=O)(O)OP(=O)(O)OC[C@H]1O[C@@H](n2ccc(N)nc2=O)[C@H](O)[C@@H]1O. The predicted molar refractivity (Wildman–Crippen MR) is 262 cm³/mol. The Hall–Kier alpha value is -3.32. The second-order valence-electron chi connectivity index (χ2n) is 17.6. The van der Waals surface area contributed by atoms with E-state index in [1.807, 2.05) is 42.5 Å². The van der Waals surface area contributed by atoms with Gasteiger partial charge in [0.05, 0.1) is 19.3 Å². The fourth-order valence-corrected chi connectivity index (χ4v) is 9.18. The molecule has 0 aromatic carbocycles. The van der Waals surface area contributed by atoms with Crippen LogP contribution in [0.3, 0.4) is 0 Å². The molecular weight excluding hydrogens is 936 g/mol. The molecule has 0 spiro atoms. The van der Waals surface area contributed by atoms with E-state index in [9.17, 15) is 48.6 Å². The molecule has 7 N–H and O–H groups in total. The highest BCUT2D eigenvalue weighted by Crippen LogP contribution is 2.60. The number of phosphoric acid groups is 2. The minimum Gasteiger partial charge on any atom is -0.462 e. The summed E-state index contributed by atoms with van der Waals surface area (Å²) >= 11 is 0. The molecule has 1 aromatic heterocycles. The monoisotopic (exact) mass is 1020 g/mol. The van der Waals surface area contributed by atoms with Crippen molar-refractivity contribution in [3.8, 4) is 0 Å². The lowest BCUT2D eigenvalue weighted by Gasteiger charge is -2.21. The predicted octanol–water partition coefficient (Wildman–Crippen LogP) is 8.60. The molecule has 2 rings (SSSR count). The third kappa shape index (κ3) is 29.6. The number of aliphatic hydroxyl groups excluding tert-OH is 3. The van der Waals surface area contributed by atoms with E-state index in [-0.39, 0.29) is 18.7 Å². The third-order valence-corrected chi connectivity index (χ3v) is 13.6. The van der Waals surface area contributed by atoms with E-state index in [1.165, 1.54) is 44.6 Å². The van der Waals surface area contributed by atoms with Gasteiger partial charge in [-0.15, -0.1) is 0 Å². The number of allylic oxidation sites excluding steroid dienone is 7. The maximum absolute atomic E-state index is 12.8. The first-order chi connectivity index (χ1) is 32.9. The Morgan fingerprint density at radius 1 is 0.797 bits per heavy atom. The quantitative estimate of drug-likeness (QED) is 0.0118. The number of nitrogens with two attached hydrogens (primary N) is 1. The van der Waals surface area contributed by atoms with Gasteiger partial charge in [-0.2, -0.15) is 9.29 Å². The molecule has 1 aromatic rings. The molecule has 1 saturated heterocycles. The molecule has 0 aliphatic carbocycles. The molecule has 0 radical (unpaired) electrons. The Kier molecular flexibility index (Phi) is 32.0. The van der Waals surface area contributed by atoms with Gasteiger partial charge in [0.2, 0.25) is 0 Å². The number of unbranched alkanes of at least 4 members (excludes halogenated alkanes) is 12. The van der Waals surface area contributed by atoms with E-state index in [4.69, 9.17) is 29.0 Å². The summed E-state index contributed by atoms with van der Waals surface area (Å²) in [6.45, 7) is 4.24. The van der Waals surface area contributed by atoms with Gasteiger partial charge in [0.1, 0.15) is 30.7 Å². The van der Waals surface area contributed by atoms with Crippen LogP contribution in [0.1, 0.15) is 162 Å². The summed E-state index contributed by atoms with van der Waals surface area (Å²) in [5, 5.41) is 30.8. The molecule has 21 heteroatoms. The minimum atomic E-state index is -5.44. The summed E-state index contributed by atoms with van der Waals surface area (Å²) in [5.74, 6) is -0.648. The topological polar surface area (TPSA) is 286 Å². The van der Waals surface area contributed by atoms with E-state index in [0.717, 1.165) is 74.5 Å². The number of nitrogens with zero attached hydrogens (tertiary/aromatic N) is 2. The van der Waals surface area contributed by atoms with Gasteiger partial charge < -0.3 is 45.1 Å². The number of carbonyl (C=O) groups is 2. The summed E-state index contributed by atoms with van der Waals surface area (Å²) in [6.07, 6.45) is 26.9. The molecule has 1 fully saturated rings. The molecular formula is C48H81N3O16P2. The number of hydrogen-bond acceptors (Lipinski definition) is 16. The fourth-order valence-electron chi connectivity index (χ4n) is 7.07. The first-order valence-corrected chi connectivity index (χ1v) is 27.6. The third-order valence-electron chi connectivity index (χ3n) is 10.9. The number of carbonyl (C=O) groups excluding carboxylic acids is 2. The molecule has 0 saturated carbocycles. The summed E-state index contributed by atoms with van der Waals surface area (Å²) in [4.78, 5) is 61.8. The molecule has 2 heterocycles. The Morgan fingerprint density at radius 2 is 1.41 bits per heavy atom. The van der Waals surface area contributed by atoms with Crippen LogP contribution in [0.2, 0.25) is 0 Å². The highest BCUT2D eigenvalue weighted by Gasteiger charge is 2.46. The van der Waals surface area contributed by atoms with Gasteiger partial charge in [-0.05, 0) is 50.5 Å². The van der Waals surface area contributed by atoms with Gasteiger partial charge in [-0.3, -0.25) is 23.2 Å². The first-order valence-electron chi connectivity index (χ1n) is 24.6. The van der Waals surface area contributed by atoms with E-state index >= 15 is 0 Å². The lowest BCUT2D eigenvalue weighted by Crippen LogP contribution is -2.36. The molecule has 394 valence electrons. The standard InChI is InChI=1S/C48H81N3O16P2/c1-4-5-23-29-39(52)30-25-20-16-12-7-6-8-14-18-22-27-32-44(54)65-40(35-62-43(53)31-26-21-17-13-10-9-11-15-19-24-28-38(2)3)36-63-68(58,59)67-69(60,61)64-37-41-45(55)46(56)47(66-41)51-34-33-42(49)50-48(51)57/h6-7,14,16,18,20,25,30,33-34,38-41,45-47,52,55-56H,4-5,8-13,15,17,19,21-24,26-29,31-32,35-37H2,1-3H3,(H,58,59)(H,60,61)(H2,49,50,57)/b7-6-,18-14-,20-16-,30-25+/t39-,40+,41+,45+,46+,47+/m0/s1. The fraction of sp³-hybridized carbons (Fsp3) is 0.708. The molecule has 1 aliphatic heterocycles. The Morgan fingerprint density at radius 3 is 2.07 bits per heavy atom. The zero-order valence-electron chi connectivity index (χ0n) is 40.9. The number of hydrogen-bond donors (Lipinski definition) is 6. The molecule has 19 nitrogen and oxygen atoms in total. The van der Waals surface area contributed by atoms with Gasteiger partial charge >= 0.3 is 33.3 Å². The number of aromatic nitrogens is 2. The minimum absolute atomic E-state index is 0.0462. The van der Waals surface area contributed by atoms with Crippen molar-refractivity contribution in [2.24, 2.45) is 5.92 Å². The van der Waals surface area contributed by atoms with Crippen molar-refractivity contribution in [1.82, 2.24) is 9.55 Å². The Balaban J connectivity index is 1.85. The number of nitrogen functional groups attached to an aromatic ring is 1. The summed E-state index contributed by atoms with van der Waals surface area (Å²) in [6, 6.07) is 1.24. The second-order valence-corrected chi connectivity index (χ2v) is 20.7. The second kappa shape index (κ2) is 35.7. The van der Waals surface area contributed by atoms with Crippen molar-refractivity contribution in [3.05, 3.63) is 71.4 Å². The summed E-state index contributed by atoms with van der Waals surface area (Å²) in [5.41, 5.74) is 4.57. The van der Waals surface area contributed by atoms with Crippen LogP contribution in [0.25, 0.3) is 0 Å². The van der Waals surface area contributed by atoms with Gasteiger partial charge in [-0.25, -0.2) is 13.9 Å².